The van der Waals surface area contributed by atoms with Crippen LogP contribution in [0.3, 0.4) is 0 Å². The largest absolute Gasteiger partial charge is 0.493 e. The van der Waals surface area contributed by atoms with Gasteiger partial charge in [0.05, 0.1) is 10.2 Å². The molecule has 0 aromatic heterocycles. The second kappa shape index (κ2) is 8.67. The van der Waals surface area contributed by atoms with Crippen LogP contribution in [-0.2, 0) is 4.79 Å². The molecule has 0 heterocycles. The Bertz CT molecular complexity index is 866. The highest BCUT2D eigenvalue weighted by molar-refractivity contribution is 14.1. The van der Waals surface area contributed by atoms with Crippen LogP contribution < -0.4 is 10.1 Å². The molecule has 0 aliphatic rings. The van der Waals surface area contributed by atoms with Crippen molar-refractivity contribution in [2.75, 3.05) is 11.9 Å². The summed E-state index contributed by atoms with van der Waals surface area (Å²) in [7, 11) is 0. The summed E-state index contributed by atoms with van der Waals surface area (Å²) in [6.45, 7) is 6.44. The lowest BCUT2D eigenvalue weighted by Crippen LogP contribution is -2.14. The van der Waals surface area contributed by atoms with Gasteiger partial charge in [0, 0.05) is 5.69 Å². The standard InChI is InChI=1S/C20H19IN2O2/c1-4-25-19-9-8-15(11-17(19)21)10-16(12-22)20(24)23-18-7-5-6-13(2)14(18)3/h5-11H,4H2,1-3H3,(H,23,24). The van der Waals surface area contributed by atoms with Crippen LogP contribution >= 0.6 is 22.6 Å². The van der Waals surface area contributed by atoms with Crippen molar-refractivity contribution in [1.82, 2.24) is 0 Å². The average molecular weight is 446 g/mol. The zero-order valence-corrected chi connectivity index (χ0v) is 16.5. The van der Waals surface area contributed by atoms with Crippen molar-refractivity contribution in [3.63, 3.8) is 0 Å². The van der Waals surface area contributed by atoms with Crippen LogP contribution in [0.5, 0.6) is 5.75 Å². The highest BCUT2D eigenvalue weighted by Crippen LogP contribution is 2.24. The molecule has 2 aromatic rings. The monoisotopic (exact) mass is 446 g/mol. The van der Waals surface area contributed by atoms with E-state index in [1.807, 2.05) is 63.2 Å². The smallest absolute Gasteiger partial charge is 0.266 e. The van der Waals surface area contributed by atoms with Crippen molar-refractivity contribution in [3.8, 4) is 11.8 Å². The SMILES string of the molecule is CCOc1ccc(C=C(C#N)C(=O)Nc2cccc(C)c2C)cc1I. The first-order valence-corrected chi connectivity index (χ1v) is 8.95. The topological polar surface area (TPSA) is 62.1 Å². The van der Waals surface area contributed by atoms with E-state index in [1.54, 1.807) is 6.08 Å². The van der Waals surface area contributed by atoms with E-state index in [2.05, 4.69) is 27.9 Å². The number of hydrogen-bond acceptors (Lipinski definition) is 3. The first-order valence-electron chi connectivity index (χ1n) is 7.88. The molecule has 0 bridgehead atoms. The third-order valence-electron chi connectivity index (χ3n) is 3.78. The van der Waals surface area contributed by atoms with Crippen molar-refractivity contribution in [2.45, 2.75) is 20.8 Å². The number of ether oxygens (including phenoxy) is 1. The van der Waals surface area contributed by atoms with Crippen LogP contribution in [0, 0.1) is 28.7 Å². The lowest BCUT2D eigenvalue weighted by Gasteiger charge is -2.10. The van der Waals surface area contributed by atoms with Gasteiger partial charge in [-0.1, -0.05) is 18.2 Å². The predicted octanol–water partition coefficient (Wildman–Crippen LogP) is 4.85. The van der Waals surface area contributed by atoms with Gasteiger partial charge in [0.25, 0.3) is 5.91 Å². The van der Waals surface area contributed by atoms with Crippen molar-refractivity contribution in [3.05, 3.63) is 62.2 Å². The third-order valence-corrected chi connectivity index (χ3v) is 4.63. The normalized spacial score (nSPS) is 10.9. The number of halogens is 1. The molecule has 0 aliphatic carbocycles. The van der Waals surface area contributed by atoms with Crippen LogP contribution in [0.15, 0.2) is 42.0 Å². The third kappa shape index (κ3) is 4.83. The number of aryl methyl sites for hydroxylation is 1. The van der Waals surface area contributed by atoms with Crippen LogP contribution in [0.25, 0.3) is 6.08 Å². The quantitative estimate of drug-likeness (QED) is 0.406. The second-order valence-corrected chi connectivity index (χ2v) is 6.66. The molecule has 0 saturated heterocycles. The minimum atomic E-state index is -0.417. The molecule has 0 fully saturated rings. The zero-order valence-electron chi connectivity index (χ0n) is 14.4. The maximum Gasteiger partial charge on any atom is 0.266 e. The summed E-state index contributed by atoms with van der Waals surface area (Å²) < 4.78 is 6.43. The second-order valence-electron chi connectivity index (χ2n) is 5.49. The van der Waals surface area contributed by atoms with Gasteiger partial charge in [-0.25, -0.2) is 0 Å². The fourth-order valence-electron chi connectivity index (χ4n) is 2.27. The summed E-state index contributed by atoms with van der Waals surface area (Å²) in [6.07, 6.45) is 1.58. The number of hydrogen-bond donors (Lipinski definition) is 1. The molecule has 0 aliphatic heterocycles. The number of anilines is 1. The lowest BCUT2D eigenvalue weighted by molar-refractivity contribution is -0.112. The number of nitrogens with zero attached hydrogens (tertiary/aromatic N) is 1. The maximum absolute atomic E-state index is 12.4. The number of amides is 1. The summed E-state index contributed by atoms with van der Waals surface area (Å²) in [5, 5.41) is 12.2. The number of nitriles is 1. The minimum Gasteiger partial charge on any atom is -0.493 e. The van der Waals surface area contributed by atoms with Crippen molar-refractivity contribution < 1.29 is 9.53 Å². The zero-order chi connectivity index (χ0) is 18.4. The molecule has 25 heavy (non-hydrogen) atoms. The van der Waals surface area contributed by atoms with E-state index in [-0.39, 0.29) is 5.57 Å². The number of carbonyl (C=O) groups is 1. The molecular weight excluding hydrogens is 427 g/mol. The average Bonchev–Trinajstić information content (AvgIpc) is 2.59. The number of rotatable bonds is 5. The Balaban J connectivity index is 2.25. The van der Waals surface area contributed by atoms with Gasteiger partial charge in [-0.05, 0) is 84.3 Å². The van der Waals surface area contributed by atoms with Crippen molar-refractivity contribution in [2.24, 2.45) is 0 Å². The summed E-state index contributed by atoms with van der Waals surface area (Å²) in [6, 6.07) is 13.2. The number of carbonyl (C=O) groups excluding carboxylic acids is 1. The molecule has 0 radical (unpaired) electrons. The molecule has 128 valence electrons. The minimum absolute atomic E-state index is 0.0564. The Morgan fingerprint density at radius 3 is 2.72 bits per heavy atom. The Morgan fingerprint density at radius 2 is 2.08 bits per heavy atom. The summed E-state index contributed by atoms with van der Waals surface area (Å²) in [5.74, 6) is 0.374. The van der Waals surface area contributed by atoms with Crippen LogP contribution in [0.2, 0.25) is 0 Å². The van der Waals surface area contributed by atoms with Crippen molar-refractivity contribution in [1.29, 1.82) is 5.26 Å². The molecule has 1 N–H and O–H groups in total. The lowest BCUT2D eigenvalue weighted by atomic mass is 10.1. The Labute approximate surface area is 161 Å². The first-order chi connectivity index (χ1) is 12.0. The highest BCUT2D eigenvalue weighted by Gasteiger charge is 2.12. The van der Waals surface area contributed by atoms with Crippen LogP contribution in [0.1, 0.15) is 23.6 Å². The van der Waals surface area contributed by atoms with E-state index in [1.165, 1.54) is 0 Å². The molecule has 0 saturated carbocycles. The molecule has 1 amide bonds. The number of nitrogens with one attached hydrogen (secondary N) is 1. The maximum atomic E-state index is 12.4. The molecule has 2 rings (SSSR count). The van der Waals surface area contributed by atoms with Gasteiger partial charge in [-0.3, -0.25) is 4.79 Å². The molecule has 4 nitrogen and oxygen atoms in total. The van der Waals surface area contributed by atoms with Gasteiger partial charge in [0.2, 0.25) is 0 Å². The number of benzene rings is 2. The van der Waals surface area contributed by atoms with E-state index in [9.17, 15) is 10.1 Å². The molecule has 5 heteroatoms. The van der Waals surface area contributed by atoms with E-state index < -0.39 is 5.91 Å². The van der Waals surface area contributed by atoms with Gasteiger partial charge in [-0.15, -0.1) is 0 Å². The summed E-state index contributed by atoms with van der Waals surface area (Å²) in [5.41, 5.74) is 3.62. The Hall–Kier alpha value is -2.33. The fraction of sp³-hybridized carbons (Fsp3) is 0.200. The molecule has 0 unspecified atom stereocenters. The molecule has 2 aromatic carbocycles. The molecule has 0 spiro atoms. The Kier molecular flexibility index (Phi) is 6.59. The first kappa shape index (κ1) is 19.0. The Morgan fingerprint density at radius 1 is 1.32 bits per heavy atom. The molecule has 0 atom stereocenters. The summed E-state index contributed by atoms with van der Waals surface area (Å²) in [4.78, 5) is 12.4. The van der Waals surface area contributed by atoms with E-state index >= 15 is 0 Å². The fourth-order valence-corrected chi connectivity index (χ4v) is 2.97. The molecular formula is C20H19IN2O2. The van der Waals surface area contributed by atoms with Gasteiger partial charge in [-0.2, -0.15) is 5.26 Å². The van der Waals surface area contributed by atoms with Gasteiger partial charge in [0.15, 0.2) is 0 Å². The van der Waals surface area contributed by atoms with E-state index in [0.717, 1.165) is 26.0 Å². The van der Waals surface area contributed by atoms with Gasteiger partial charge < -0.3 is 10.1 Å². The predicted molar refractivity (Wildman–Crippen MR) is 108 cm³/mol. The van der Waals surface area contributed by atoms with Crippen molar-refractivity contribution >= 4 is 40.3 Å². The van der Waals surface area contributed by atoms with E-state index in [0.29, 0.717) is 12.3 Å². The van der Waals surface area contributed by atoms with Crippen LogP contribution in [-0.4, -0.2) is 12.5 Å². The van der Waals surface area contributed by atoms with Gasteiger partial charge >= 0.3 is 0 Å². The van der Waals surface area contributed by atoms with Crippen LogP contribution in [0.4, 0.5) is 5.69 Å². The highest BCUT2D eigenvalue weighted by atomic mass is 127. The van der Waals surface area contributed by atoms with Gasteiger partial charge in [0.1, 0.15) is 17.4 Å². The van der Waals surface area contributed by atoms with E-state index in [4.69, 9.17) is 4.74 Å². The summed E-state index contributed by atoms with van der Waals surface area (Å²) >= 11 is 2.17.